The van der Waals surface area contributed by atoms with Crippen molar-refractivity contribution < 1.29 is 9.59 Å². The number of aryl methyl sites for hydroxylation is 2. The fourth-order valence-corrected chi connectivity index (χ4v) is 4.15. The average Bonchev–Trinajstić information content (AvgIpc) is 3.29. The van der Waals surface area contributed by atoms with Crippen LogP contribution in [0.4, 0.5) is 0 Å². The van der Waals surface area contributed by atoms with E-state index in [-0.39, 0.29) is 24.4 Å². The third kappa shape index (κ3) is 7.32. The number of benzene rings is 2. The van der Waals surface area contributed by atoms with Crippen molar-refractivity contribution in [3.8, 4) is 0 Å². The Labute approximate surface area is 210 Å². The monoisotopic (exact) mass is 473 g/mol. The molecule has 0 spiro atoms. The third-order valence-corrected chi connectivity index (χ3v) is 6.68. The molecule has 0 N–H and O–H groups in total. The van der Waals surface area contributed by atoms with Gasteiger partial charge in [-0.1, -0.05) is 62.7 Å². The lowest BCUT2D eigenvalue weighted by Crippen LogP contribution is -2.46. The quantitative estimate of drug-likeness (QED) is 0.332. The summed E-state index contributed by atoms with van der Waals surface area (Å²) in [5.41, 5.74) is 4.00. The van der Waals surface area contributed by atoms with Crippen LogP contribution in [0, 0.1) is 0 Å². The standard InChI is InChI=1S/C30H39N3O2/c1-5-7-12-25-16-18-27(19-17-25)30(35)33(24(3)6-2)23-29(34)32(21-26-13-9-8-10-14-26)22-28-15-11-20-31(28)4/h8-11,13-20,24H,5-7,12,21-23H2,1-4H3. The first-order valence-electron chi connectivity index (χ1n) is 12.7. The van der Waals surface area contributed by atoms with E-state index in [0.29, 0.717) is 18.7 Å². The minimum absolute atomic E-state index is 0.0418. The van der Waals surface area contributed by atoms with Crippen molar-refractivity contribution in [2.24, 2.45) is 7.05 Å². The maximum atomic E-state index is 13.6. The Balaban J connectivity index is 1.80. The lowest BCUT2D eigenvalue weighted by molar-refractivity contribution is -0.133. The number of hydrogen-bond donors (Lipinski definition) is 0. The molecule has 2 amide bonds. The Morgan fingerprint density at radius 1 is 0.886 bits per heavy atom. The van der Waals surface area contributed by atoms with E-state index in [1.165, 1.54) is 5.56 Å². The molecule has 0 bridgehead atoms. The van der Waals surface area contributed by atoms with Crippen LogP contribution in [0.2, 0.25) is 0 Å². The Bertz CT molecular complexity index is 1070. The van der Waals surface area contributed by atoms with Gasteiger partial charge in [0.2, 0.25) is 5.91 Å². The first kappa shape index (κ1) is 26.3. The van der Waals surface area contributed by atoms with Gasteiger partial charge in [0, 0.05) is 37.1 Å². The molecule has 0 aliphatic heterocycles. The van der Waals surface area contributed by atoms with Crippen molar-refractivity contribution in [1.29, 1.82) is 0 Å². The minimum Gasteiger partial charge on any atom is -0.353 e. The largest absolute Gasteiger partial charge is 0.353 e. The van der Waals surface area contributed by atoms with Crippen molar-refractivity contribution in [2.45, 2.75) is 65.6 Å². The molecule has 0 fully saturated rings. The molecule has 0 saturated carbocycles. The highest BCUT2D eigenvalue weighted by atomic mass is 16.2. The van der Waals surface area contributed by atoms with E-state index in [4.69, 9.17) is 0 Å². The van der Waals surface area contributed by atoms with Gasteiger partial charge < -0.3 is 14.4 Å². The van der Waals surface area contributed by atoms with Crippen LogP contribution >= 0.6 is 0 Å². The SMILES string of the molecule is CCCCc1ccc(C(=O)N(CC(=O)N(Cc2ccccc2)Cc2cccn2C)C(C)CC)cc1. The summed E-state index contributed by atoms with van der Waals surface area (Å²) in [5.74, 6) is -0.142. The lowest BCUT2D eigenvalue weighted by atomic mass is 10.0. The van der Waals surface area contributed by atoms with E-state index in [9.17, 15) is 9.59 Å². The van der Waals surface area contributed by atoms with Crippen molar-refractivity contribution in [2.75, 3.05) is 6.54 Å². The fraction of sp³-hybridized carbons (Fsp3) is 0.400. The van der Waals surface area contributed by atoms with Crippen LogP contribution in [0.3, 0.4) is 0 Å². The molecule has 3 aromatic rings. The summed E-state index contributed by atoms with van der Waals surface area (Å²) < 4.78 is 2.03. The highest BCUT2D eigenvalue weighted by Crippen LogP contribution is 2.16. The summed E-state index contributed by atoms with van der Waals surface area (Å²) in [5, 5.41) is 0. The van der Waals surface area contributed by atoms with Gasteiger partial charge in [0.1, 0.15) is 6.54 Å². The molecule has 0 radical (unpaired) electrons. The van der Waals surface area contributed by atoms with Gasteiger partial charge in [0.15, 0.2) is 0 Å². The number of aromatic nitrogens is 1. The molecule has 2 aromatic carbocycles. The number of carbonyl (C=O) groups excluding carboxylic acids is 2. The number of unbranched alkanes of at least 4 members (excludes halogenated alkanes) is 1. The molecular weight excluding hydrogens is 434 g/mol. The molecule has 186 valence electrons. The van der Waals surface area contributed by atoms with Crippen LogP contribution in [0.15, 0.2) is 72.9 Å². The first-order chi connectivity index (χ1) is 16.9. The van der Waals surface area contributed by atoms with Gasteiger partial charge in [-0.2, -0.15) is 0 Å². The second-order valence-corrected chi connectivity index (χ2v) is 9.34. The van der Waals surface area contributed by atoms with Crippen LogP contribution in [0.5, 0.6) is 0 Å². The van der Waals surface area contributed by atoms with E-state index in [0.717, 1.165) is 36.9 Å². The molecule has 35 heavy (non-hydrogen) atoms. The van der Waals surface area contributed by atoms with Gasteiger partial charge in [-0.3, -0.25) is 9.59 Å². The van der Waals surface area contributed by atoms with Crippen molar-refractivity contribution in [1.82, 2.24) is 14.4 Å². The van der Waals surface area contributed by atoms with Gasteiger partial charge in [0.05, 0.1) is 6.54 Å². The number of rotatable bonds is 12. The van der Waals surface area contributed by atoms with Gasteiger partial charge in [0.25, 0.3) is 5.91 Å². The maximum absolute atomic E-state index is 13.6. The fourth-order valence-electron chi connectivity index (χ4n) is 4.15. The minimum atomic E-state index is -0.0896. The molecule has 5 heteroatoms. The van der Waals surface area contributed by atoms with Gasteiger partial charge in [-0.15, -0.1) is 0 Å². The predicted molar refractivity (Wildman–Crippen MR) is 142 cm³/mol. The van der Waals surface area contributed by atoms with Gasteiger partial charge in [-0.25, -0.2) is 0 Å². The number of hydrogen-bond acceptors (Lipinski definition) is 2. The molecule has 1 atom stereocenters. The number of amides is 2. The first-order valence-corrected chi connectivity index (χ1v) is 12.7. The molecule has 1 unspecified atom stereocenters. The molecule has 0 saturated heterocycles. The van der Waals surface area contributed by atoms with Crippen molar-refractivity contribution in [3.63, 3.8) is 0 Å². The molecule has 5 nitrogen and oxygen atoms in total. The van der Waals surface area contributed by atoms with E-state index < -0.39 is 0 Å². The Hall–Kier alpha value is -3.34. The van der Waals surface area contributed by atoms with Crippen molar-refractivity contribution in [3.05, 3.63) is 95.3 Å². The maximum Gasteiger partial charge on any atom is 0.254 e. The van der Waals surface area contributed by atoms with Crippen LogP contribution in [0.25, 0.3) is 0 Å². The molecule has 1 aromatic heterocycles. The summed E-state index contributed by atoms with van der Waals surface area (Å²) in [6.07, 6.45) is 6.07. The molecule has 0 aliphatic rings. The van der Waals surface area contributed by atoms with Gasteiger partial charge in [-0.05, 0) is 61.6 Å². The van der Waals surface area contributed by atoms with Crippen LogP contribution in [-0.4, -0.2) is 38.8 Å². The van der Waals surface area contributed by atoms with E-state index >= 15 is 0 Å². The molecule has 0 aliphatic carbocycles. The number of carbonyl (C=O) groups is 2. The third-order valence-electron chi connectivity index (χ3n) is 6.68. The van der Waals surface area contributed by atoms with E-state index in [1.807, 2.05) is 96.4 Å². The zero-order chi connectivity index (χ0) is 25.2. The van der Waals surface area contributed by atoms with Crippen molar-refractivity contribution >= 4 is 11.8 Å². The summed E-state index contributed by atoms with van der Waals surface area (Å²) >= 11 is 0. The van der Waals surface area contributed by atoms with Crippen LogP contribution in [-0.2, 0) is 31.4 Å². The van der Waals surface area contributed by atoms with E-state index in [1.54, 1.807) is 4.90 Å². The molecular formula is C30H39N3O2. The summed E-state index contributed by atoms with van der Waals surface area (Å²) in [7, 11) is 1.99. The zero-order valence-corrected chi connectivity index (χ0v) is 21.6. The summed E-state index contributed by atoms with van der Waals surface area (Å²) in [4.78, 5) is 30.7. The average molecular weight is 474 g/mol. The molecule has 1 heterocycles. The second-order valence-electron chi connectivity index (χ2n) is 9.34. The Kier molecular flexibility index (Phi) is 9.71. The summed E-state index contributed by atoms with van der Waals surface area (Å²) in [6.45, 7) is 7.29. The van der Waals surface area contributed by atoms with Crippen LogP contribution < -0.4 is 0 Å². The second kappa shape index (κ2) is 12.9. The Morgan fingerprint density at radius 2 is 1.60 bits per heavy atom. The Morgan fingerprint density at radius 3 is 2.20 bits per heavy atom. The van der Waals surface area contributed by atoms with E-state index in [2.05, 4.69) is 13.8 Å². The number of nitrogens with zero attached hydrogens (tertiary/aromatic N) is 3. The van der Waals surface area contributed by atoms with Gasteiger partial charge >= 0.3 is 0 Å². The smallest absolute Gasteiger partial charge is 0.254 e. The zero-order valence-electron chi connectivity index (χ0n) is 21.6. The topological polar surface area (TPSA) is 45.6 Å². The molecule has 3 rings (SSSR count). The normalized spacial score (nSPS) is 11.8. The lowest BCUT2D eigenvalue weighted by Gasteiger charge is -2.31. The highest BCUT2D eigenvalue weighted by Gasteiger charge is 2.26. The summed E-state index contributed by atoms with van der Waals surface area (Å²) in [6, 6.07) is 21.9. The highest BCUT2D eigenvalue weighted by molar-refractivity contribution is 5.96. The predicted octanol–water partition coefficient (Wildman–Crippen LogP) is 5.84. The van der Waals surface area contributed by atoms with Crippen LogP contribution in [0.1, 0.15) is 67.2 Å².